The minimum Gasteiger partial charge on any atom is -0.454 e. The van der Waals surface area contributed by atoms with Gasteiger partial charge in [0.15, 0.2) is 6.61 Å². The Morgan fingerprint density at radius 3 is 1.97 bits per heavy atom. The molecule has 0 aromatic heterocycles. The van der Waals surface area contributed by atoms with Crippen LogP contribution in [0.25, 0.3) is 0 Å². The Bertz CT molecular complexity index is 1090. The van der Waals surface area contributed by atoms with Crippen molar-refractivity contribution in [1.29, 1.82) is 0 Å². The fourth-order valence-electron chi connectivity index (χ4n) is 4.38. The molecule has 32 heavy (non-hydrogen) atoms. The molecule has 2 atom stereocenters. The van der Waals surface area contributed by atoms with Crippen molar-refractivity contribution >= 4 is 46.8 Å². The van der Waals surface area contributed by atoms with E-state index in [1.807, 2.05) is 60.7 Å². The maximum Gasteiger partial charge on any atom is 0.326 e. The number of benzene rings is 2. The molecule has 0 radical (unpaired) electrons. The summed E-state index contributed by atoms with van der Waals surface area (Å²) in [5, 5.41) is 0. The van der Waals surface area contributed by atoms with E-state index in [0.717, 1.165) is 26.1 Å². The highest BCUT2D eigenvalue weighted by Crippen LogP contribution is 2.47. The molecule has 8 heteroatoms. The number of hydrogen-bond donors (Lipinski definition) is 0. The van der Waals surface area contributed by atoms with Gasteiger partial charge in [0.05, 0.1) is 23.2 Å². The van der Waals surface area contributed by atoms with Crippen molar-refractivity contribution in [2.24, 2.45) is 11.8 Å². The van der Waals surface area contributed by atoms with Crippen LogP contribution >= 0.6 is 11.8 Å². The fraction of sp³-hybridized carbons (Fsp3) is 0.250. The predicted octanol–water partition coefficient (Wildman–Crippen LogP) is 3.31. The Labute approximate surface area is 189 Å². The van der Waals surface area contributed by atoms with Crippen LogP contribution in [0.3, 0.4) is 0 Å². The van der Waals surface area contributed by atoms with Gasteiger partial charge in [0.25, 0.3) is 5.91 Å². The Morgan fingerprint density at radius 1 is 0.875 bits per heavy atom. The molecule has 2 aromatic rings. The van der Waals surface area contributed by atoms with Gasteiger partial charge in [0.1, 0.15) is 6.54 Å². The molecule has 0 unspecified atom stereocenters. The molecule has 0 N–H and O–H groups in total. The Morgan fingerprint density at radius 2 is 1.41 bits per heavy atom. The number of amides is 3. The molecule has 0 saturated carbocycles. The van der Waals surface area contributed by atoms with Crippen molar-refractivity contribution in [3.05, 3.63) is 60.7 Å². The van der Waals surface area contributed by atoms with Gasteiger partial charge in [-0.3, -0.25) is 29.0 Å². The molecular formula is C24H20N2O5S. The molecule has 1 aliphatic carbocycles. The van der Waals surface area contributed by atoms with Gasteiger partial charge in [-0.1, -0.05) is 48.2 Å². The number of hydrogen-bond acceptors (Lipinski definition) is 6. The van der Waals surface area contributed by atoms with Crippen molar-refractivity contribution in [3.63, 3.8) is 0 Å². The van der Waals surface area contributed by atoms with Gasteiger partial charge >= 0.3 is 5.97 Å². The van der Waals surface area contributed by atoms with Crippen molar-refractivity contribution < 1.29 is 23.9 Å². The maximum atomic E-state index is 13.1. The number of ether oxygens (including phenoxy) is 1. The summed E-state index contributed by atoms with van der Waals surface area (Å²) in [6.45, 7) is -0.961. The first kappa shape index (κ1) is 20.5. The molecule has 162 valence electrons. The third-order valence-electron chi connectivity index (χ3n) is 5.92. The van der Waals surface area contributed by atoms with E-state index in [9.17, 15) is 19.2 Å². The summed E-state index contributed by atoms with van der Waals surface area (Å²) in [5.41, 5.74) is 1.44. The van der Waals surface area contributed by atoms with E-state index in [2.05, 4.69) is 0 Å². The van der Waals surface area contributed by atoms with Crippen LogP contribution in [0.4, 0.5) is 11.4 Å². The summed E-state index contributed by atoms with van der Waals surface area (Å²) in [4.78, 5) is 54.9. The Kier molecular flexibility index (Phi) is 5.30. The smallest absolute Gasteiger partial charge is 0.326 e. The molecular weight excluding hydrogens is 428 g/mol. The predicted molar refractivity (Wildman–Crippen MR) is 117 cm³/mol. The van der Waals surface area contributed by atoms with Gasteiger partial charge in [-0.25, -0.2) is 0 Å². The molecule has 5 rings (SSSR count). The van der Waals surface area contributed by atoms with Gasteiger partial charge < -0.3 is 4.74 Å². The number of imide groups is 1. The van der Waals surface area contributed by atoms with Crippen LogP contribution in [0.1, 0.15) is 12.8 Å². The number of carbonyl (C=O) groups excluding carboxylic acids is 4. The van der Waals surface area contributed by atoms with Crippen LogP contribution < -0.4 is 4.90 Å². The zero-order chi connectivity index (χ0) is 22.2. The second-order valence-corrected chi connectivity index (χ2v) is 8.93. The minimum absolute atomic E-state index is 0.344. The first-order valence-electron chi connectivity index (χ1n) is 10.4. The van der Waals surface area contributed by atoms with Gasteiger partial charge in [0.2, 0.25) is 11.8 Å². The van der Waals surface area contributed by atoms with E-state index in [1.54, 1.807) is 16.7 Å². The average Bonchev–Trinajstić information content (AvgIpc) is 3.06. The Balaban J connectivity index is 1.27. The first-order chi connectivity index (χ1) is 15.5. The van der Waals surface area contributed by atoms with E-state index in [1.165, 1.54) is 0 Å². The number of esters is 1. The average molecular weight is 449 g/mol. The van der Waals surface area contributed by atoms with E-state index in [0.29, 0.717) is 12.8 Å². The van der Waals surface area contributed by atoms with Crippen LogP contribution in [0.2, 0.25) is 0 Å². The fourth-order valence-corrected chi connectivity index (χ4v) is 5.44. The molecule has 2 heterocycles. The first-order valence-corrected chi connectivity index (χ1v) is 11.2. The van der Waals surface area contributed by atoms with Crippen LogP contribution in [-0.4, -0.2) is 41.7 Å². The van der Waals surface area contributed by atoms with E-state index in [-0.39, 0.29) is 11.8 Å². The van der Waals surface area contributed by atoms with Crippen LogP contribution in [0.5, 0.6) is 0 Å². The standard InChI is InChI=1S/C24H20N2O5S/c27-21(26-17-9-3-5-11-19(17)32-20-12-6-4-10-18(20)26)14-31-22(28)13-25-23(29)15-7-1-2-8-16(15)24(25)30/h1-6,9-12,15-16H,7-8,13-14H2/t15-,16-/m0/s1. The minimum atomic E-state index is -0.778. The van der Waals surface area contributed by atoms with Gasteiger partial charge in [0, 0.05) is 9.79 Å². The lowest BCUT2D eigenvalue weighted by Crippen LogP contribution is -2.38. The zero-order valence-electron chi connectivity index (χ0n) is 17.1. The lowest BCUT2D eigenvalue weighted by atomic mass is 9.85. The van der Waals surface area contributed by atoms with Crippen LogP contribution in [0, 0.1) is 11.8 Å². The van der Waals surface area contributed by atoms with Gasteiger partial charge in [-0.15, -0.1) is 0 Å². The normalized spacial score (nSPS) is 21.1. The number of rotatable bonds is 4. The summed E-state index contributed by atoms with van der Waals surface area (Å²) in [6, 6.07) is 15.0. The number of carbonyl (C=O) groups is 4. The largest absolute Gasteiger partial charge is 0.454 e. The van der Waals surface area contributed by atoms with Crippen molar-refractivity contribution in [1.82, 2.24) is 4.90 Å². The summed E-state index contributed by atoms with van der Waals surface area (Å²) in [6.07, 6.45) is 4.79. The van der Waals surface area contributed by atoms with Crippen LogP contribution in [-0.2, 0) is 23.9 Å². The SMILES string of the molecule is O=C(CN1C(=O)[C@H]2CC=CC[C@@H]2C1=O)OCC(=O)N1c2ccccc2Sc2ccccc21. The summed E-state index contributed by atoms with van der Waals surface area (Å²) >= 11 is 1.57. The van der Waals surface area contributed by atoms with E-state index in [4.69, 9.17) is 4.74 Å². The summed E-state index contributed by atoms with van der Waals surface area (Å²) in [7, 11) is 0. The third-order valence-corrected chi connectivity index (χ3v) is 7.05. The number of anilines is 2. The van der Waals surface area contributed by atoms with Crippen LogP contribution in [0.15, 0.2) is 70.5 Å². The molecule has 2 aliphatic heterocycles. The van der Waals surface area contributed by atoms with Crippen molar-refractivity contribution in [2.45, 2.75) is 22.6 Å². The Hall–Kier alpha value is -3.39. The molecule has 7 nitrogen and oxygen atoms in total. The van der Waals surface area contributed by atoms with Gasteiger partial charge in [-0.05, 0) is 37.1 Å². The zero-order valence-corrected chi connectivity index (χ0v) is 17.9. The lowest BCUT2D eigenvalue weighted by Gasteiger charge is -2.30. The summed E-state index contributed by atoms with van der Waals surface area (Å²) < 4.78 is 5.20. The number of nitrogens with zero attached hydrogens (tertiary/aromatic N) is 2. The topological polar surface area (TPSA) is 84.0 Å². The van der Waals surface area contributed by atoms with Crippen molar-refractivity contribution in [3.8, 4) is 0 Å². The molecule has 0 bridgehead atoms. The molecule has 1 fully saturated rings. The number of para-hydroxylation sites is 2. The molecule has 3 amide bonds. The van der Waals surface area contributed by atoms with E-state index < -0.39 is 36.9 Å². The molecule has 1 saturated heterocycles. The highest BCUT2D eigenvalue weighted by atomic mass is 32.2. The maximum absolute atomic E-state index is 13.1. The van der Waals surface area contributed by atoms with Crippen molar-refractivity contribution in [2.75, 3.05) is 18.1 Å². The quantitative estimate of drug-likeness (QED) is 0.405. The van der Waals surface area contributed by atoms with E-state index >= 15 is 0 Å². The number of fused-ring (bicyclic) bond motifs is 3. The highest BCUT2D eigenvalue weighted by Gasteiger charge is 2.47. The monoisotopic (exact) mass is 448 g/mol. The molecule has 2 aromatic carbocycles. The lowest BCUT2D eigenvalue weighted by molar-refractivity contribution is -0.154. The molecule has 0 spiro atoms. The second kappa shape index (κ2) is 8.27. The van der Waals surface area contributed by atoms with Gasteiger partial charge in [-0.2, -0.15) is 0 Å². The third kappa shape index (κ3) is 3.50. The molecule has 3 aliphatic rings. The summed E-state index contributed by atoms with van der Waals surface area (Å²) in [5.74, 6) is -2.68. The highest BCUT2D eigenvalue weighted by molar-refractivity contribution is 7.99. The number of likely N-dealkylation sites (tertiary alicyclic amines) is 1. The second-order valence-electron chi connectivity index (χ2n) is 7.85. The number of allylic oxidation sites excluding steroid dienone is 2.